The van der Waals surface area contributed by atoms with Crippen LogP contribution in [-0.2, 0) is 19.1 Å². The zero-order chi connectivity index (χ0) is 51.4. The second-order valence-corrected chi connectivity index (χ2v) is 26.3. The lowest BCUT2D eigenvalue weighted by Gasteiger charge is -2.76. The lowest BCUT2D eigenvalue weighted by Crippen LogP contribution is -2.75. The van der Waals surface area contributed by atoms with Crippen LogP contribution < -0.4 is 11.1 Å². The second-order valence-electron chi connectivity index (χ2n) is 26.3. The topological polar surface area (TPSA) is 281 Å². The van der Waals surface area contributed by atoms with Gasteiger partial charge in [0.1, 0.15) is 24.5 Å². The van der Waals surface area contributed by atoms with E-state index in [1.54, 1.807) is 12.5 Å². The largest absolute Gasteiger partial charge is 0.481 e. The molecule has 7 aliphatic carbocycles. The van der Waals surface area contributed by atoms with Crippen molar-refractivity contribution in [3.63, 3.8) is 0 Å². The summed E-state index contributed by atoms with van der Waals surface area (Å²) < 4.78 is 12.9. The molecule has 1 aromatic rings. The van der Waals surface area contributed by atoms with Crippen molar-refractivity contribution >= 4 is 11.9 Å². The van der Waals surface area contributed by atoms with E-state index in [9.17, 15) is 45.6 Å². The third-order valence-electron chi connectivity index (χ3n) is 23.4. The Kier molecular flexibility index (Phi) is 14.1. The number of carbonyl (C=O) groups excluding carboxylic acids is 1. The summed E-state index contributed by atoms with van der Waals surface area (Å²) in [7, 11) is 0. The van der Waals surface area contributed by atoms with Crippen molar-refractivity contribution in [1.29, 1.82) is 0 Å². The maximum Gasteiger partial charge on any atom is 0.310 e. The Morgan fingerprint density at radius 3 is 2.25 bits per heavy atom. The van der Waals surface area contributed by atoms with Gasteiger partial charge in [-0.1, -0.05) is 71.4 Å². The summed E-state index contributed by atoms with van der Waals surface area (Å²) >= 11 is 0. The molecule has 72 heavy (non-hydrogen) atoms. The van der Waals surface area contributed by atoms with Crippen molar-refractivity contribution in [2.75, 3.05) is 19.8 Å². The summed E-state index contributed by atoms with van der Waals surface area (Å²) in [5.41, 5.74) is 3.49. The highest BCUT2D eigenvalue weighted by Gasteiger charge is 2.76. The highest BCUT2D eigenvalue weighted by Crippen LogP contribution is 2.80. The minimum absolute atomic E-state index is 0.00435. The first kappa shape index (κ1) is 52.9. The molecule has 16 heteroatoms. The van der Waals surface area contributed by atoms with E-state index in [1.165, 1.54) is 5.57 Å². The quantitative estimate of drug-likeness (QED) is 0.0703. The van der Waals surface area contributed by atoms with Gasteiger partial charge in [-0.25, -0.2) is 4.98 Å². The number of imidazole rings is 1. The third kappa shape index (κ3) is 7.73. The molecule has 8 fully saturated rings. The Morgan fingerprint density at radius 2 is 1.60 bits per heavy atom. The molecule has 1 spiro atoms. The predicted octanol–water partition coefficient (Wildman–Crippen LogP) is 5.03. The first-order chi connectivity index (χ1) is 34.2. The number of fused-ring (bicyclic) bond motifs is 7. The van der Waals surface area contributed by atoms with Gasteiger partial charge in [-0.3, -0.25) is 9.59 Å². The molecule has 0 bridgehead atoms. The molecule has 20 unspecified atom stereocenters. The number of hydrogen-bond donors (Lipinski definition) is 11. The fourth-order valence-electron chi connectivity index (χ4n) is 19.4. The molecule has 2 aliphatic heterocycles. The molecule has 9 aliphatic rings. The van der Waals surface area contributed by atoms with Crippen LogP contribution in [-0.4, -0.2) is 132 Å². The van der Waals surface area contributed by atoms with E-state index in [4.69, 9.17) is 15.2 Å². The fourth-order valence-corrected chi connectivity index (χ4v) is 19.4. The summed E-state index contributed by atoms with van der Waals surface area (Å²) in [6.07, 6.45) is 11.0. The van der Waals surface area contributed by atoms with Crippen molar-refractivity contribution < 1.29 is 59.9 Å². The number of H-pyrrole nitrogens is 1. The molecule has 16 nitrogen and oxygen atoms in total. The summed E-state index contributed by atoms with van der Waals surface area (Å²) in [4.78, 5) is 36.5. The first-order valence-corrected chi connectivity index (χ1v) is 28.1. The van der Waals surface area contributed by atoms with Crippen LogP contribution in [0.25, 0.3) is 0 Å². The fraction of sp³-hybridized carbons (Fsp3) is 0.875. The van der Waals surface area contributed by atoms with E-state index in [-0.39, 0.29) is 61.2 Å². The van der Waals surface area contributed by atoms with Crippen LogP contribution in [0.15, 0.2) is 24.2 Å². The maximum atomic E-state index is 15.0. The molecule has 20 atom stereocenters. The second kappa shape index (κ2) is 19.2. The number of aliphatic carboxylic acids is 1. The molecule has 404 valence electrons. The van der Waals surface area contributed by atoms with E-state index >= 15 is 4.79 Å². The average Bonchev–Trinajstić information content (AvgIpc) is 4.14. The van der Waals surface area contributed by atoms with Gasteiger partial charge < -0.3 is 66.4 Å². The number of nitrogens with two attached hydrogens (primary N) is 1. The van der Waals surface area contributed by atoms with Crippen LogP contribution in [0.5, 0.6) is 0 Å². The Hall–Kier alpha value is -2.51. The van der Waals surface area contributed by atoms with Crippen LogP contribution in [0.2, 0.25) is 0 Å². The Balaban J connectivity index is 1.18. The predicted molar refractivity (Wildman–Crippen MR) is 265 cm³/mol. The highest BCUT2D eigenvalue weighted by atomic mass is 16.7. The minimum atomic E-state index is -1.63. The van der Waals surface area contributed by atoms with Gasteiger partial charge in [0.25, 0.3) is 0 Å². The standard InChI is InChI=1S/C56H88N4O12/c1-50(28-61)20-22-55(49(69)70)23-21-52(3)33(36(55)25-50)13-14-40-53(52,4)19-16-39-51(2,29-62)46(72-47-45(67)44(66)38(63)27-71-47)43(65)35(56(39,40)31-10-6-5-7-11-31)24-34-42(60-48(68)54(34)17-8-9-18-54)32(12-15-41(57)64)37-26-58-30-59-37/h13,26,30-32,34-36,38-47,61-67H,5-12,14-25,27-29,57H2,1-4H3,(H,58,59)(H,60,68)(H,69,70). The van der Waals surface area contributed by atoms with Crippen molar-refractivity contribution in [2.45, 2.75) is 211 Å². The summed E-state index contributed by atoms with van der Waals surface area (Å²) in [5, 5.41) is 95.3. The number of carboxylic acids is 1. The normalized spacial score (nSPS) is 47.9. The number of carbonyl (C=O) groups is 2. The minimum Gasteiger partial charge on any atom is -0.481 e. The molecule has 10 rings (SSSR count). The molecule has 2 saturated heterocycles. The van der Waals surface area contributed by atoms with E-state index in [0.29, 0.717) is 77.0 Å². The Bertz CT molecular complexity index is 2170. The van der Waals surface area contributed by atoms with E-state index < -0.39 is 98.9 Å². The number of rotatable bonds is 13. The lowest BCUT2D eigenvalue weighted by molar-refractivity contribution is -0.350. The number of ether oxygens (including phenoxy) is 2. The lowest BCUT2D eigenvalue weighted by atomic mass is 9.29. The number of aliphatic hydroxyl groups is 7. The number of nitrogens with one attached hydrogen (secondary N) is 2. The van der Waals surface area contributed by atoms with Gasteiger partial charge in [0.15, 0.2) is 6.29 Å². The number of amides is 1. The number of hydrogen-bond acceptors (Lipinski definition) is 13. The molecule has 12 N–H and O–H groups in total. The molecule has 1 aromatic heterocycles. The molecule has 0 aromatic carbocycles. The number of aliphatic hydroxyl groups excluding tert-OH is 7. The summed E-state index contributed by atoms with van der Waals surface area (Å²) in [5.74, 6) is -2.20. The molecule has 6 saturated carbocycles. The van der Waals surface area contributed by atoms with E-state index in [2.05, 4.69) is 42.1 Å². The summed E-state index contributed by atoms with van der Waals surface area (Å²) in [6.45, 7) is 8.36. The zero-order valence-electron chi connectivity index (χ0n) is 43.4. The van der Waals surface area contributed by atoms with Crippen LogP contribution in [0.3, 0.4) is 0 Å². The third-order valence-corrected chi connectivity index (χ3v) is 23.4. The number of carboxylic acid groups (broad SMARTS) is 1. The van der Waals surface area contributed by atoms with Gasteiger partial charge in [-0.15, -0.1) is 0 Å². The van der Waals surface area contributed by atoms with Crippen LogP contribution in [0.4, 0.5) is 0 Å². The van der Waals surface area contributed by atoms with Crippen molar-refractivity contribution in [1.82, 2.24) is 15.3 Å². The molecule has 0 radical (unpaired) electrons. The SMILES string of the molecule is CC1(CO)CCC2(C(=O)O)CCC3(C)C(=CCC4C5(C6CCCCC6)C(CC6C(C(CCC(N)O)c7cnc[nH]7)NC(=O)C67CCCC7)C(O)C(OC6OCC(O)C(O)C6O)C(C)(CO)C5CCC43C)C2C1. The van der Waals surface area contributed by atoms with Gasteiger partial charge in [-0.2, -0.15) is 0 Å². The number of nitrogens with zero attached hydrogens (tertiary/aromatic N) is 1. The van der Waals surface area contributed by atoms with Gasteiger partial charge in [0.2, 0.25) is 5.91 Å². The van der Waals surface area contributed by atoms with Gasteiger partial charge in [0.05, 0.1) is 42.6 Å². The van der Waals surface area contributed by atoms with Crippen molar-refractivity contribution in [2.24, 2.45) is 79.1 Å². The van der Waals surface area contributed by atoms with Gasteiger partial charge in [-0.05, 0) is 153 Å². The van der Waals surface area contributed by atoms with Crippen molar-refractivity contribution in [3.05, 3.63) is 29.9 Å². The monoisotopic (exact) mass is 1010 g/mol. The van der Waals surface area contributed by atoms with E-state index in [0.717, 1.165) is 57.1 Å². The van der Waals surface area contributed by atoms with Gasteiger partial charge in [0, 0.05) is 35.9 Å². The highest BCUT2D eigenvalue weighted by molar-refractivity contribution is 5.86. The number of aromatic amines is 1. The van der Waals surface area contributed by atoms with Gasteiger partial charge >= 0.3 is 5.97 Å². The smallest absolute Gasteiger partial charge is 0.310 e. The molecule has 1 amide bonds. The molecule has 3 heterocycles. The first-order valence-electron chi connectivity index (χ1n) is 28.1. The number of aromatic nitrogens is 2. The average molecular weight is 1010 g/mol. The Morgan fingerprint density at radius 1 is 0.875 bits per heavy atom. The summed E-state index contributed by atoms with van der Waals surface area (Å²) in [6, 6.07) is -0.408. The van der Waals surface area contributed by atoms with Crippen LogP contribution >= 0.6 is 0 Å². The number of allylic oxidation sites excluding steroid dienone is 2. The van der Waals surface area contributed by atoms with E-state index in [1.807, 2.05) is 6.92 Å². The Labute approximate surface area is 425 Å². The molecular formula is C56H88N4O12. The zero-order valence-corrected chi connectivity index (χ0v) is 43.4. The van der Waals surface area contributed by atoms with Crippen LogP contribution in [0.1, 0.15) is 168 Å². The van der Waals surface area contributed by atoms with Crippen LogP contribution in [0, 0.1) is 73.4 Å². The molecular weight excluding hydrogens is 921 g/mol. The maximum absolute atomic E-state index is 15.0. The van der Waals surface area contributed by atoms with Crippen molar-refractivity contribution in [3.8, 4) is 0 Å².